The maximum Gasteiger partial charge on any atom is 0.223 e. The highest BCUT2D eigenvalue weighted by atomic mass is 16.2. The zero-order valence-electron chi connectivity index (χ0n) is 16.5. The van der Waals surface area contributed by atoms with E-state index in [1.807, 2.05) is 23.1 Å². The molecule has 0 aliphatic carbocycles. The van der Waals surface area contributed by atoms with Gasteiger partial charge in [-0.25, -0.2) is 0 Å². The first-order valence-corrected chi connectivity index (χ1v) is 10.0. The summed E-state index contributed by atoms with van der Waals surface area (Å²) in [4.78, 5) is 31.6. The highest BCUT2D eigenvalue weighted by Crippen LogP contribution is 2.37. The van der Waals surface area contributed by atoms with Crippen molar-refractivity contribution in [3.63, 3.8) is 0 Å². The molecule has 1 aromatic heterocycles. The molecule has 1 atom stereocenters. The molecule has 1 unspecified atom stereocenters. The van der Waals surface area contributed by atoms with Gasteiger partial charge >= 0.3 is 0 Å². The molecule has 146 valence electrons. The van der Waals surface area contributed by atoms with Crippen LogP contribution in [0.5, 0.6) is 0 Å². The Morgan fingerprint density at radius 2 is 1.72 bits per heavy atom. The predicted molar refractivity (Wildman–Crippen MR) is 113 cm³/mol. The molecule has 4 nitrogen and oxygen atoms in total. The van der Waals surface area contributed by atoms with Crippen LogP contribution < -0.4 is 0 Å². The standard InChI is InChI=1S/C25H24N2O2/c1-18-7-2-4-10-21(18)25-22-11-5-3-8-19(22)14-16-27(25)24(29)13-12-23(28)20-9-6-15-26-17-20/h2-11,15,17,25H,12-14,16H2,1H3. The molecule has 3 aromatic rings. The molecule has 4 rings (SSSR count). The first kappa shape index (κ1) is 19.1. The lowest BCUT2D eigenvalue weighted by atomic mass is 9.86. The minimum Gasteiger partial charge on any atom is -0.331 e. The molecule has 0 N–H and O–H groups in total. The zero-order chi connectivity index (χ0) is 20.2. The van der Waals surface area contributed by atoms with Crippen LogP contribution in [0.2, 0.25) is 0 Å². The van der Waals surface area contributed by atoms with Gasteiger partial charge in [-0.05, 0) is 47.7 Å². The Bertz CT molecular complexity index is 1030. The summed E-state index contributed by atoms with van der Waals surface area (Å²) in [6.07, 6.45) is 4.43. The third kappa shape index (κ3) is 3.97. The van der Waals surface area contributed by atoms with Crippen LogP contribution in [0.3, 0.4) is 0 Å². The van der Waals surface area contributed by atoms with Gasteiger partial charge in [0.05, 0.1) is 6.04 Å². The number of hydrogen-bond donors (Lipinski definition) is 0. The second-order valence-electron chi connectivity index (χ2n) is 7.46. The molecule has 0 saturated heterocycles. The summed E-state index contributed by atoms with van der Waals surface area (Å²) in [6, 6.07) is 20.0. The van der Waals surface area contributed by atoms with Crippen molar-refractivity contribution < 1.29 is 9.59 Å². The molecule has 0 saturated carbocycles. The van der Waals surface area contributed by atoms with Gasteiger partial charge in [-0.15, -0.1) is 0 Å². The number of aryl methyl sites for hydroxylation is 1. The number of pyridine rings is 1. The molecular weight excluding hydrogens is 360 g/mol. The van der Waals surface area contributed by atoms with Gasteiger partial charge in [0, 0.05) is 37.3 Å². The van der Waals surface area contributed by atoms with Crippen molar-refractivity contribution in [2.45, 2.75) is 32.2 Å². The van der Waals surface area contributed by atoms with E-state index >= 15 is 0 Å². The van der Waals surface area contributed by atoms with Crippen molar-refractivity contribution in [2.75, 3.05) is 6.54 Å². The summed E-state index contributed by atoms with van der Waals surface area (Å²) in [5, 5.41) is 0. The topological polar surface area (TPSA) is 50.3 Å². The van der Waals surface area contributed by atoms with E-state index in [4.69, 9.17) is 0 Å². The van der Waals surface area contributed by atoms with Gasteiger partial charge < -0.3 is 4.90 Å². The van der Waals surface area contributed by atoms with Crippen molar-refractivity contribution in [3.8, 4) is 0 Å². The van der Waals surface area contributed by atoms with Crippen LogP contribution in [0.25, 0.3) is 0 Å². The Balaban J connectivity index is 1.59. The van der Waals surface area contributed by atoms with Gasteiger partial charge in [0.2, 0.25) is 5.91 Å². The van der Waals surface area contributed by atoms with E-state index in [9.17, 15) is 9.59 Å². The molecule has 1 aliphatic heterocycles. The van der Waals surface area contributed by atoms with E-state index in [-0.39, 0.29) is 30.6 Å². The summed E-state index contributed by atoms with van der Waals surface area (Å²) in [7, 11) is 0. The van der Waals surface area contributed by atoms with E-state index < -0.39 is 0 Å². The molecule has 0 radical (unpaired) electrons. The van der Waals surface area contributed by atoms with Gasteiger partial charge in [-0.1, -0.05) is 48.5 Å². The van der Waals surface area contributed by atoms with E-state index in [0.717, 1.165) is 12.0 Å². The quantitative estimate of drug-likeness (QED) is 0.608. The lowest BCUT2D eigenvalue weighted by Crippen LogP contribution is -2.41. The molecule has 0 fully saturated rings. The van der Waals surface area contributed by atoms with Crippen molar-refractivity contribution in [1.82, 2.24) is 9.88 Å². The molecule has 29 heavy (non-hydrogen) atoms. The van der Waals surface area contributed by atoms with E-state index in [1.165, 1.54) is 16.7 Å². The Labute approximate surface area is 171 Å². The van der Waals surface area contributed by atoms with Gasteiger partial charge in [0.1, 0.15) is 0 Å². The fraction of sp³-hybridized carbons (Fsp3) is 0.240. The van der Waals surface area contributed by atoms with Crippen molar-refractivity contribution in [2.24, 2.45) is 0 Å². The first-order valence-electron chi connectivity index (χ1n) is 10.0. The minimum atomic E-state index is -0.109. The number of hydrogen-bond acceptors (Lipinski definition) is 3. The van der Waals surface area contributed by atoms with Crippen molar-refractivity contribution in [1.29, 1.82) is 0 Å². The van der Waals surface area contributed by atoms with Crippen LogP contribution in [0.1, 0.15) is 51.5 Å². The Kier molecular flexibility index (Phi) is 5.52. The highest BCUT2D eigenvalue weighted by molar-refractivity contribution is 5.97. The summed E-state index contributed by atoms with van der Waals surface area (Å²) < 4.78 is 0. The van der Waals surface area contributed by atoms with Crippen LogP contribution in [-0.4, -0.2) is 28.1 Å². The number of aromatic nitrogens is 1. The molecule has 1 amide bonds. The Hall–Kier alpha value is -3.27. The number of nitrogens with zero attached hydrogens (tertiary/aromatic N) is 2. The SMILES string of the molecule is Cc1ccccc1C1c2ccccc2CCN1C(=O)CCC(=O)c1cccnc1. The molecule has 0 bridgehead atoms. The zero-order valence-corrected chi connectivity index (χ0v) is 16.5. The summed E-state index contributed by atoms with van der Waals surface area (Å²) in [5.41, 5.74) is 5.33. The molecule has 2 aromatic carbocycles. The van der Waals surface area contributed by atoms with Crippen molar-refractivity contribution in [3.05, 3.63) is 101 Å². The van der Waals surface area contributed by atoms with Gasteiger partial charge in [-0.2, -0.15) is 0 Å². The van der Waals surface area contributed by atoms with E-state index in [2.05, 4.69) is 42.2 Å². The summed E-state index contributed by atoms with van der Waals surface area (Å²) in [5.74, 6) is -0.0266. The predicted octanol–water partition coefficient (Wildman–Crippen LogP) is 4.53. The number of amides is 1. The van der Waals surface area contributed by atoms with Gasteiger partial charge in [-0.3, -0.25) is 14.6 Å². The van der Waals surface area contributed by atoms with Crippen LogP contribution in [-0.2, 0) is 11.2 Å². The third-order valence-electron chi connectivity index (χ3n) is 5.64. The fourth-order valence-electron chi connectivity index (χ4n) is 4.10. The van der Waals surface area contributed by atoms with Gasteiger partial charge in [0.25, 0.3) is 0 Å². The lowest BCUT2D eigenvalue weighted by molar-refractivity contribution is -0.133. The average molecular weight is 384 g/mol. The Morgan fingerprint density at radius 1 is 0.966 bits per heavy atom. The number of benzene rings is 2. The third-order valence-corrected chi connectivity index (χ3v) is 5.64. The van der Waals surface area contributed by atoms with E-state index in [1.54, 1.807) is 24.5 Å². The molecular formula is C25H24N2O2. The number of fused-ring (bicyclic) bond motifs is 1. The van der Waals surface area contributed by atoms with Crippen molar-refractivity contribution >= 4 is 11.7 Å². The molecule has 2 heterocycles. The number of rotatable bonds is 5. The number of Topliss-reactive ketones (excluding diaryl/α,β-unsaturated/α-hetero) is 1. The normalized spacial score (nSPS) is 15.6. The maximum atomic E-state index is 13.2. The largest absolute Gasteiger partial charge is 0.331 e. The molecule has 1 aliphatic rings. The number of carbonyl (C=O) groups excluding carboxylic acids is 2. The maximum absolute atomic E-state index is 13.2. The number of ketones is 1. The van der Waals surface area contributed by atoms with Crippen LogP contribution in [0, 0.1) is 6.92 Å². The monoisotopic (exact) mass is 384 g/mol. The molecule has 4 heteroatoms. The minimum absolute atomic E-state index is 0.0185. The summed E-state index contributed by atoms with van der Waals surface area (Å²) in [6.45, 7) is 2.75. The lowest BCUT2D eigenvalue weighted by Gasteiger charge is -2.38. The smallest absolute Gasteiger partial charge is 0.223 e. The average Bonchev–Trinajstić information content (AvgIpc) is 2.77. The van der Waals surface area contributed by atoms with Crippen LogP contribution in [0.4, 0.5) is 0 Å². The second-order valence-corrected chi connectivity index (χ2v) is 7.46. The highest BCUT2D eigenvalue weighted by Gasteiger charge is 2.32. The van der Waals surface area contributed by atoms with E-state index in [0.29, 0.717) is 12.1 Å². The Morgan fingerprint density at radius 3 is 2.48 bits per heavy atom. The van der Waals surface area contributed by atoms with Gasteiger partial charge in [0.15, 0.2) is 5.78 Å². The summed E-state index contributed by atoms with van der Waals surface area (Å²) >= 11 is 0. The fourth-order valence-corrected chi connectivity index (χ4v) is 4.10. The second kappa shape index (κ2) is 8.39. The first-order chi connectivity index (χ1) is 14.1. The molecule has 0 spiro atoms. The van der Waals surface area contributed by atoms with Crippen LogP contribution in [0.15, 0.2) is 73.1 Å². The van der Waals surface area contributed by atoms with Crippen LogP contribution >= 0.6 is 0 Å². The number of carbonyl (C=O) groups is 2.